The number of carbonyl (C=O) groups is 1. The predicted molar refractivity (Wildman–Crippen MR) is 84.5 cm³/mol. The molecule has 0 heterocycles. The lowest BCUT2D eigenvalue weighted by Gasteiger charge is -2.00. The summed E-state index contributed by atoms with van der Waals surface area (Å²) in [6, 6.07) is 18.2. The van der Waals surface area contributed by atoms with Crippen molar-refractivity contribution in [3.8, 4) is 0 Å². The van der Waals surface area contributed by atoms with Gasteiger partial charge in [-0.2, -0.15) is 0 Å². The van der Waals surface area contributed by atoms with Gasteiger partial charge in [0.15, 0.2) is 0 Å². The summed E-state index contributed by atoms with van der Waals surface area (Å²) in [6.07, 6.45) is -1.47. The second kappa shape index (κ2) is 8.11. The van der Waals surface area contributed by atoms with E-state index in [1.807, 2.05) is 36.4 Å². The normalized spacial score (nSPS) is 15.2. The Morgan fingerprint density at radius 2 is 1.60 bits per heavy atom. The van der Waals surface area contributed by atoms with Crippen LogP contribution in [-0.4, -0.2) is 5.78 Å². The Balaban J connectivity index is 2.04. The SMILES string of the molecule is [2H]C([2H])(C/C=C/c1ccccc1)C(=O)C([2H])([2H])Cc1ccccc1. The van der Waals surface area contributed by atoms with Crippen LogP contribution >= 0.6 is 0 Å². The molecule has 0 fully saturated rings. The Bertz CT molecular complexity index is 694. The summed E-state index contributed by atoms with van der Waals surface area (Å²) in [5.74, 6) is -1.02. The van der Waals surface area contributed by atoms with E-state index in [0.29, 0.717) is 5.56 Å². The van der Waals surface area contributed by atoms with Gasteiger partial charge in [-0.15, -0.1) is 0 Å². The smallest absolute Gasteiger partial charge is 0.133 e. The second-order valence-corrected chi connectivity index (χ2v) is 4.36. The zero-order chi connectivity index (χ0) is 17.6. The van der Waals surface area contributed by atoms with Crippen LogP contribution in [-0.2, 0) is 11.2 Å². The summed E-state index contributed by atoms with van der Waals surface area (Å²) in [4.78, 5) is 12.3. The van der Waals surface area contributed by atoms with Crippen molar-refractivity contribution in [1.82, 2.24) is 0 Å². The first-order valence-electron chi connectivity index (χ1n) is 8.62. The van der Waals surface area contributed by atoms with Gasteiger partial charge in [-0.05, 0) is 24.0 Å². The van der Waals surface area contributed by atoms with Gasteiger partial charge in [0, 0.05) is 18.2 Å². The lowest BCUT2D eigenvalue weighted by Crippen LogP contribution is -1.99. The maximum absolute atomic E-state index is 12.3. The van der Waals surface area contributed by atoms with E-state index in [2.05, 4.69) is 0 Å². The Labute approximate surface area is 126 Å². The maximum Gasteiger partial charge on any atom is 0.133 e. The van der Waals surface area contributed by atoms with Gasteiger partial charge >= 0.3 is 0 Å². The maximum atomic E-state index is 12.3. The molecule has 0 atom stereocenters. The van der Waals surface area contributed by atoms with Gasteiger partial charge in [0.2, 0.25) is 0 Å². The van der Waals surface area contributed by atoms with Crippen LogP contribution in [0.25, 0.3) is 6.08 Å². The van der Waals surface area contributed by atoms with E-state index < -0.39 is 18.5 Å². The van der Waals surface area contributed by atoms with Crippen molar-refractivity contribution in [3.63, 3.8) is 0 Å². The molecule has 0 amide bonds. The Kier molecular flexibility index (Phi) is 3.93. The monoisotopic (exact) mass is 268 g/mol. The molecule has 0 spiro atoms. The van der Waals surface area contributed by atoms with Crippen LogP contribution in [0, 0.1) is 0 Å². The van der Waals surface area contributed by atoms with Gasteiger partial charge in [0.05, 0.1) is 0 Å². The number of hydrogen-bond acceptors (Lipinski definition) is 1. The largest absolute Gasteiger partial charge is 0.300 e. The van der Waals surface area contributed by atoms with Crippen molar-refractivity contribution < 1.29 is 10.3 Å². The Morgan fingerprint density at radius 3 is 2.30 bits per heavy atom. The quantitative estimate of drug-likeness (QED) is 0.712. The highest BCUT2D eigenvalue weighted by Gasteiger charge is 2.01. The van der Waals surface area contributed by atoms with Crippen molar-refractivity contribution in [2.75, 3.05) is 0 Å². The van der Waals surface area contributed by atoms with E-state index in [1.165, 1.54) is 0 Å². The fourth-order valence-electron chi connectivity index (χ4n) is 1.75. The summed E-state index contributed by atoms with van der Waals surface area (Å²) in [5, 5.41) is 0. The van der Waals surface area contributed by atoms with Gasteiger partial charge in [-0.25, -0.2) is 0 Å². The molecule has 2 rings (SSSR count). The highest BCUT2D eigenvalue weighted by atomic mass is 16.1. The molecule has 0 unspecified atom stereocenters. The first kappa shape index (κ1) is 9.71. The molecule has 1 heteroatoms. The molecule has 0 aliphatic carbocycles. The lowest BCUT2D eigenvalue weighted by molar-refractivity contribution is -0.118. The number of benzene rings is 2. The van der Waals surface area contributed by atoms with Crippen molar-refractivity contribution in [2.45, 2.75) is 25.6 Å². The topological polar surface area (TPSA) is 17.1 Å². The minimum atomic E-state index is -2.25. The van der Waals surface area contributed by atoms with E-state index in [-0.39, 0.29) is 12.8 Å². The van der Waals surface area contributed by atoms with E-state index in [4.69, 9.17) is 5.48 Å². The molecule has 102 valence electrons. The molecule has 20 heavy (non-hydrogen) atoms. The first-order valence-corrected chi connectivity index (χ1v) is 6.62. The fourth-order valence-corrected chi connectivity index (χ4v) is 1.75. The number of rotatable bonds is 7. The summed E-state index contributed by atoms with van der Waals surface area (Å²) in [5.41, 5.74) is 1.58. The van der Waals surface area contributed by atoms with Crippen LogP contribution in [0.4, 0.5) is 0 Å². The van der Waals surface area contributed by atoms with Crippen LogP contribution in [0.2, 0.25) is 0 Å². The molecule has 0 aliphatic rings. The molecule has 2 aromatic carbocycles. The zero-order valence-electron chi connectivity index (χ0n) is 15.3. The first-order chi connectivity index (χ1) is 11.3. The van der Waals surface area contributed by atoms with Crippen LogP contribution in [0.15, 0.2) is 66.7 Å². The zero-order valence-corrected chi connectivity index (χ0v) is 11.3. The number of hydrogen-bond donors (Lipinski definition) is 0. The Hall–Kier alpha value is -2.15. The molecule has 0 bridgehead atoms. The fraction of sp³-hybridized carbons (Fsp3) is 0.211. The third kappa shape index (κ3) is 5.23. The van der Waals surface area contributed by atoms with E-state index in [9.17, 15) is 4.79 Å². The minimum absolute atomic E-state index is 0.130. The van der Waals surface area contributed by atoms with E-state index in [1.54, 1.807) is 36.4 Å². The van der Waals surface area contributed by atoms with Crippen LogP contribution < -0.4 is 0 Å². The summed E-state index contributed by atoms with van der Waals surface area (Å²) < 4.78 is 31.8. The third-order valence-electron chi connectivity index (χ3n) is 2.79. The lowest BCUT2D eigenvalue weighted by atomic mass is 10.0. The summed E-state index contributed by atoms with van der Waals surface area (Å²) in [7, 11) is 0. The molecule has 0 saturated heterocycles. The molecule has 1 nitrogen and oxygen atoms in total. The molecule has 0 radical (unpaired) electrons. The predicted octanol–water partition coefficient (Wildman–Crippen LogP) is 4.68. The molecular weight excluding hydrogens is 244 g/mol. The number of ketones is 1. The van der Waals surface area contributed by atoms with Gasteiger partial charge < -0.3 is 0 Å². The molecule has 0 saturated carbocycles. The van der Waals surface area contributed by atoms with Crippen LogP contribution in [0.3, 0.4) is 0 Å². The van der Waals surface area contributed by atoms with Crippen molar-refractivity contribution >= 4 is 11.9 Å². The van der Waals surface area contributed by atoms with Gasteiger partial charge in [0.1, 0.15) is 5.78 Å². The van der Waals surface area contributed by atoms with Gasteiger partial charge in [-0.1, -0.05) is 72.8 Å². The molecule has 2 aromatic rings. The van der Waals surface area contributed by atoms with Crippen molar-refractivity contribution in [1.29, 1.82) is 0 Å². The molecule has 0 aromatic heterocycles. The summed E-state index contributed by atoms with van der Waals surface area (Å²) >= 11 is 0. The third-order valence-corrected chi connectivity index (χ3v) is 2.79. The Morgan fingerprint density at radius 1 is 0.950 bits per heavy atom. The number of carbonyl (C=O) groups excluding carboxylic acids is 1. The molecule has 0 N–H and O–H groups in total. The number of aryl methyl sites for hydroxylation is 1. The highest BCUT2D eigenvalue weighted by molar-refractivity contribution is 5.78. The van der Waals surface area contributed by atoms with Crippen LogP contribution in [0.1, 0.15) is 35.8 Å². The summed E-state index contributed by atoms with van der Waals surface area (Å²) in [6.45, 7) is 0. The average Bonchev–Trinajstić information content (AvgIpc) is 2.55. The van der Waals surface area contributed by atoms with Gasteiger partial charge in [0.25, 0.3) is 0 Å². The average molecular weight is 268 g/mol. The molecular formula is C19H20O. The van der Waals surface area contributed by atoms with E-state index in [0.717, 1.165) is 5.56 Å². The minimum Gasteiger partial charge on any atom is -0.300 e. The van der Waals surface area contributed by atoms with E-state index >= 15 is 0 Å². The highest BCUT2D eigenvalue weighted by Crippen LogP contribution is 2.07. The standard InChI is InChI=1S/C19H20O/c20-19(16-15-18-11-5-2-6-12-18)14-8-7-13-17-9-3-1-4-10-17/h1-7,9-13H,8,14-16H2/b13-7+/i14D2,16D2. The molecule has 0 aliphatic heterocycles. The number of Topliss-reactive ketones (excluding diaryl/α,β-unsaturated/α-hetero) is 1. The second-order valence-electron chi connectivity index (χ2n) is 4.36. The van der Waals surface area contributed by atoms with Crippen molar-refractivity contribution in [3.05, 3.63) is 77.9 Å². The number of allylic oxidation sites excluding steroid dienone is 1. The van der Waals surface area contributed by atoms with Crippen molar-refractivity contribution in [2.24, 2.45) is 0 Å². The van der Waals surface area contributed by atoms with Crippen LogP contribution in [0.5, 0.6) is 0 Å². The van der Waals surface area contributed by atoms with Gasteiger partial charge in [-0.3, -0.25) is 4.79 Å².